The van der Waals surface area contributed by atoms with Gasteiger partial charge in [0.15, 0.2) is 0 Å². The minimum absolute atomic E-state index is 0.214. The van der Waals surface area contributed by atoms with Crippen LogP contribution in [0, 0.1) is 0 Å². The molecule has 0 radical (unpaired) electrons. The van der Waals surface area contributed by atoms with E-state index < -0.39 is 0 Å². The number of hydrogen-bond donors (Lipinski definition) is 1. The van der Waals surface area contributed by atoms with Crippen LogP contribution in [0.3, 0.4) is 0 Å². The SMILES string of the molecule is CN1CCCN(c2cc(C(=O)Nc3cc4cc(-c5cnn(C)c5)cnc4cn3)ccn2)CC1. The number of fused-ring (bicyclic) bond motifs is 1. The minimum Gasteiger partial charge on any atom is -0.355 e. The fourth-order valence-electron chi connectivity index (χ4n) is 4.02. The fourth-order valence-corrected chi connectivity index (χ4v) is 4.02. The van der Waals surface area contributed by atoms with Crippen molar-refractivity contribution in [1.29, 1.82) is 0 Å². The normalized spacial score (nSPS) is 14.9. The number of nitrogens with one attached hydrogen (secondary N) is 1. The number of pyridine rings is 3. The highest BCUT2D eigenvalue weighted by molar-refractivity contribution is 6.04. The quantitative estimate of drug-likeness (QED) is 0.520. The lowest BCUT2D eigenvalue weighted by Crippen LogP contribution is -2.29. The number of hydrogen-bond acceptors (Lipinski definition) is 7. The first kappa shape index (κ1) is 21.0. The van der Waals surface area contributed by atoms with Crippen molar-refractivity contribution in [2.45, 2.75) is 6.42 Å². The van der Waals surface area contributed by atoms with Crippen molar-refractivity contribution in [2.24, 2.45) is 7.05 Å². The first-order valence-electron chi connectivity index (χ1n) is 11.0. The molecule has 1 amide bonds. The van der Waals surface area contributed by atoms with E-state index in [-0.39, 0.29) is 5.91 Å². The lowest BCUT2D eigenvalue weighted by Gasteiger charge is -2.21. The molecule has 0 saturated carbocycles. The summed E-state index contributed by atoms with van der Waals surface area (Å²) in [6, 6.07) is 7.44. The Bertz CT molecular complexity index is 1300. The molecule has 4 aromatic rings. The minimum atomic E-state index is -0.214. The highest BCUT2D eigenvalue weighted by atomic mass is 16.1. The summed E-state index contributed by atoms with van der Waals surface area (Å²) in [5, 5.41) is 8.03. The standard InChI is InChI=1S/C24H26N8O/c1-30-6-3-7-32(9-8-30)23-12-17(4-5-25-23)24(33)29-22-11-18-10-19(13-26-21(18)15-27-22)20-14-28-31(2)16-20/h4-5,10-16H,3,6-9H2,1-2H3,(H,27,29,33). The molecular weight excluding hydrogens is 416 g/mol. The number of amides is 1. The fraction of sp³-hybridized carbons (Fsp3) is 0.292. The number of rotatable bonds is 4. The van der Waals surface area contributed by atoms with E-state index >= 15 is 0 Å². The summed E-state index contributed by atoms with van der Waals surface area (Å²) in [6.07, 6.45) is 9.98. The lowest BCUT2D eigenvalue weighted by atomic mass is 10.1. The Morgan fingerprint density at radius 1 is 0.939 bits per heavy atom. The van der Waals surface area contributed by atoms with Crippen LogP contribution in [0.25, 0.3) is 22.0 Å². The maximum absolute atomic E-state index is 13.0. The molecule has 0 atom stereocenters. The van der Waals surface area contributed by atoms with Crippen LogP contribution >= 0.6 is 0 Å². The molecule has 4 aromatic heterocycles. The molecule has 1 saturated heterocycles. The third-order valence-electron chi connectivity index (χ3n) is 5.90. The Morgan fingerprint density at radius 3 is 2.70 bits per heavy atom. The molecule has 1 fully saturated rings. The van der Waals surface area contributed by atoms with Crippen molar-refractivity contribution in [1.82, 2.24) is 29.6 Å². The zero-order valence-electron chi connectivity index (χ0n) is 18.8. The molecule has 0 unspecified atom stereocenters. The Balaban J connectivity index is 1.35. The van der Waals surface area contributed by atoms with Crippen molar-refractivity contribution in [3.05, 3.63) is 60.8 Å². The summed E-state index contributed by atoms with van der Waals surface area (Å²) in [5.41, 5.74) is 3.26. The molecule has 33 heavy (non-hydrogen) atoms. The predicted octanol–water partition coefficient (Wildman–Crippen LogP) is 2.82. The van der Waals surface area contributed by atoms with Gasteiger partial charge in [-0.05, 0) is 44.3 Å². The molecular formula is C24H26N8O. The lowest BCUT2D eigenvalue weighted by molar-refractivity contribution is 0.102. The molecule has 5 heterocycles. The Labute approximate surface area is 192 Å². The first-order valence-corrected chi connectivity index (χ1v) is 11.0. The summed E-state index contributed by atoms with van der Waals surface area (Å²) in [7, 11) is 4.01. The summed E-state index contributed by atoms with van der Waals surface area (Å²) >= 11 is 0. The van der Waals surface area contributed by atoms with E-state index in [4.69, 9.17) is 0 Å². The number of likely N-dealkylation sites (N-methyl/N-ethyl adjacent to an activating group) is 1. The van der Waals surface area contributed by atoms with Crippen LogP contribution in [0.15, 0.2) is 55.2 Å². The number of carbonyl (C=O) groups is 1. The van der Waals surface area contributed by atoms with Crippen LogP contribution in [-0.2, 0) is 7.05 Å². The number of aromatic nitrogens is 5. The van der Waals surface area contributed by atoms with Crippen molar-refractivity contribution in [2.75, 3.05) is 43.4 Å². The maximum Gasteiger partial charge on any atom is 0.257 e. The Kier molecular flexibility index (Phi) is 5.70. The molecule has 0 spiro atoms. The van der Waals surface area contributed by atoms with Crippen molar-refractivity contribution < 1.29 is 4.79 Å². The molecule has 9 heteroatoms. The van der Waals surface area contributed by atoms with E-state index in [0.717, 1.165) is 60.4 Å². The molecule has 1 N–H and O–H groups in total. The van der Waals surface area contributed by atoms with Crippen LogP contribution in [0.1, 0.15) is 16.8 Å². The zero-order chi connectivity index (χ0) is 22.8. The van der Waals surface area contributed by atoms with Crippen LogP contribution in [0.5, 0.6) is 0 Å². The number of aryl methyl sites for hydroxylation is 1. The molecule has 0 bridgehead atoms. The van der Waals surface area contributed by atoms with Crippen LogP contribution in [-0.4, -0.2) is 68.8 Å². The maximum atomic E-state index is 13.0. The van der Waals surface area contributed by atoms with Crippen LogP contribution in [0.4, 0.5) is 11.6 Å². The van der Waals surface area contributed by atoms with Gasteiger partial charge in [0.2, 0.25) is 0 Å². The van der Waals surface area contributed by atoms with Gasteiger partial charge in [0.05, 0.1) is 17.9 Å². The van der Waals surface area contributed by atoms with E-state index in [9.17, 15) is 4.79 Å². The summed E-state index contributed by atoms with van der Waals surface area (Å²) in [6.45, 7) is 3.88. The van der Waals surface area contributed by atoms with E-state index in [1.165, 1.54) is 0 Å². The molecule has 1 aliphatic heterocycles. The summed E-state index contributed by atoms with van der Waals surface area (Å²) < 4.78 is 1.75. The number of anilines is 2. The topological polar surface area (TPSA) is 92.1 Å². The summed E-state index contributed by atoms with van der Waals surface area (Å²) in [5.74, 6) is 1.09. The van der Waals surface area contributed by atoms with Gasteiger partial charge in [0.25, 0.3) is 5.91 Å². The third-order valence-corrected chi connectivity index (χ3v) is 5.90. The average Bonchev–Trinajstić information content (AvgIpc) is 3.15. The molecule has 0 aliphatic carbocycles. The number of carbonyl (C=O) groups excluding carboxylic acids is 1. The zero-order valence-corrected chi connectivity index (χ0v) is 18.8. The van der Waals surface area contributed by atoms with Gasteiger partial charge in [0, 0.05) is 67.3 Å². The van der Waals surface area contributed by atoms with Gasteiger partial charge < -0.3 is 15.1 Å². The van der Waals surface area contributed by atoms with E-state index in [0.29, 0.717) is 11.4 Å². The van der Waals surface area contributed by atoms with Gasteiger partial charge in [0.1, 0.15) is 11.6 Å². The molecule has 1 aliphatic rings. The van der Waals surface area contributed by atoms with Gasteiger partial charge >= 0.3 is 0 Å². The Hall–Kier alpha value is -3.85. The second-order valence-electron chi connectivity index (χ2n) is 8.39. The van der Waals surface area contributed by atoms with Gasteiger partial charge in [-0.25, -0.2) is 9.97 Å². The summed E-state index contributed by atoms with van der Waals surface area (Å²) in [4.78, 5) is 30.9. The molecule has 5 rings (SSSR count). The van der Waals surface area contributed by atoms with Gasteiger partial charge in [-0.3, -0.25) is 14.5 Å². The van der Waals surface area contributed by atoms with Gasteiger partial charge in [-0.15, -0.1) is 0 Å². The van der Waals surface area contributed by atoms with Crippen LogP contribution in [0.2, 0.25) is 0 Å². The number of nitrogens with zero attached hydrogens (tertiary/aromatic N) is 7. The average molecular weight is 443 g/mol. The van der Waals surface area contributed by atoms with E-state index in [1.54, 1.807) is 35.5 Å². The van der Waals surface area contributed by atoms with Crippen LogP contribution < -0.4 is 10.2 Å². The van der Waals surface area contributed by atoms with Crippen molar-refractivity contribution >= 4 is 28.4 Å². The van der Waals surface area contributed by atoms with E-state index in [1.807, 2.05) is 31.4 Å². The first-order chi connectivity index (χ1) is 16.0. The predicted molar refractivity (Wildman–Crippen MR) is 128 cm³/mol. The molecule has 9 nitrogen and oxygen atoms in total. The smallest absolute Gasteiger partial charge is 0.257 e. The van der Waals surface area contributed by atoms with Crippen molar-refractivity contribution in [3.8, 4) is 11.1 Å². The van der Waals surface area contributed by atoms with E-state index in [2.05, 4.69) is 42.2 Å². The second kappa shape index (κ2) is 8.95. The molecule has 0 aromatic carbocycles. The Morgan fingerprint density at radius 2 is 1.85 bits per heavy atom. The highest BCUT2D eigenvalue weighted by Crippen LogP contribution is 2.24. The second-order valence-corrected chi connectivity index (χ2v) is 8.39. The largest absolute Gasteiger partial charge is 0.355 e. The third kappa shape index (κ3) is 4.68. The van der Waals surface area contributed by atoms with Crippen molar-refractivity contribution in [3.63, 3.8) is 0 Å². The highest BCUT2D eigenvalue weighted by Gasteiger charge is 2.16. The van der Waals surface area contributed by atoms with Gasteiger partial charge in [-0.1, -0.05) is 0 Å². The van der Waals surface area contributed by atoms with Gasteiger partial charge in [-0.2, -0.15) is 5.10 Å². The monoisotopic (exact) mass is 442 g/mol. The molecule has 168 valence electrons.